The molecular formula is C23H26N2O2. The number of aryl methyl sites for hydroxylation is 2. The highest BCUT2D eigenvalue weighted by Crippen LogP contribution is 2.29. The number of nitrogens with zero attached hydrogens (tertiary/aromatic N) is 1. The fraction of sp³-hybridized carbons (Fsp3) is 0.217. The van der Waals surface area contributed by atoms with E-state index in [1.54, 1.807) is 12.4 Å². The normalized spacial score (nSPS) is 11.4. The van der Waals surface area contributed by atoms with Gasteiger partial charge in [-0.2, -0.15) is 0 Å². The molecule has 3 rings (SSSR count). The average Bonchev–Trinajstić information content (AvgIpc) is 2.66. The summed E-state index contributed by atoms with van der Waals surface area (Å²) in [7, 11) is 0. The van der Waals surface area contributed by atoms with Gasteiger partial charge in [-0.05, 0) is 61.2 Å². The van der Waals surface area contributed by atoms with Crippen LogP contribution in [0, 0.1) is 13.8 Å². The number of pyridine rings is 1. The number of phenols is 1. The molecule has 4 nitrogen and oxygen atoms in total. The van der Waals surface area contributed by atoms with E-state index in [1.165, 1.54) is 0 Å². The van der Waals surface area contributed by atoms with E-state index in [-0.39, 0.29) is 19.4 Å². The van der Waals surface area contributed by atoms with E-state index in [4.69, 9.17) is 0 Å². The Labute approximate surface area is 160 Å². The van der Waals surface area contributed by atoms with Crippen LogP contribution in [0.2, 0.25) is 0 Å². The van der Waals surface area contributed by atoms with Crippen molar-refractivity contribution in [1.82, 2.24) is 10.3 Å². The van der Waals surface area contributed by atoms with E-state index in [2.05, 4.69) is 10.3 Å². The van der Waals surface area contributed by atoms with Crippen molar-refractivity contribution < 1.29 is 9.90 Å². The van der Waals surface area contributed by atoms with Gasteiger partial charge >= 0.3 is 0 Å². The number of aromatic hydroxyl groups is 1. The van der Waals surface area contributed by atoms with Crippen LogP contribution in [-0.4, -0.2) is 16.0 Å². The van der Waals surface area contributed by atoms with Gasteiger partial charge in [-0.25, -0.2) is 0 Å². The first-order chi connectivity index (χ1) is 12.5. The van der Waals surface area contributed by atoms with Crippen molar-refractivity contribution >= 4 is 5.91 Å². The number of hydrogen-bond donors (Lipinski definition) is 2. The molecule has 2 aromatic carbocycles. The zero-order valence-electron chi connectivity index (χ0n) is 15.2. The molecule has 0 saturated heterocycles. The Morgan fingerprint density at radius 3 is 2.26 bits per heavy atom. The fourth-order valence-electron chi connectivity index (χ4n) is 2.95. The van der Waals surface area contributed by atoms with Crippen molar-refractivity contribution in [2.45, 2.75) is 34.2 Å². The molecule has 27 heavy (non-hydrogen) atoms. The smallest absolute Gasteiger partial charge is 0.253 e. The molecule has 0 unspecified atom stereocenters. The highest BCUT2D eigenvalue weighted by Gasteiger charge is 2.13. The summed E-state index contributed by atoms with van der Waals surface area (Å²) in [5, 5.41) is 13.0. The van der Waals surface area contributed by atoms with Crippen LogP contribution in [0.1, 0.15) is 47.4 Å². The number of hydrogen-bond acceptors (Lipinski definition) is 3. The molecule has 1 amide bonds. The molecule has 0 aliphatic heterocycles. The first-order valence-corrected chi connectivity index (χ1v) is 8.57. The van der Waals surface area contributed by atoms with Gasteiger partial charge in [-0.1, -0.05) is 37.8 Å². The summed E-state index contributed by atoms with van der Waals surface area (Å²) in [6.45, 7) is 5.67. The Balaban J connectivity index is 0.00000261. The lowest BCUT2D eigenvalue weighted by Gasteiger charge is -2.15. The number of rotatable bonds is 4. The Hall–Kier alpha value is -3.14. The van der Waals surface area contributed by atoms with Crippen molar-refractivity contribution in [2.24, 2.45) is 0 Å². The molecule has 0 spiro atoms. The Bertz CT molecular complexity index is 913. The molecule has 0 saturated carbocycles. The third-order valence-electron chi connectivity index (χ3n) is 4.47. The van der Waals surface area contributed by atoms with E-state index in [1.807, 2.05) is 69.3 Å². The van der Waals surface area contributed by atoms with Crippen LogP contribution in [0.5, 0.6) is 5.75 Å². The maximum Gasteiger partial charge on any atom is 0.253 e. The monoisotopic (exact) mass is 362 g/mol. The highest BCUT2D eigenvalue weighted by molar-refractivity contribution is 5.95. The molecule has 0 radical (unpaired) electrons. The maximum atomic E-state index is 12.6. The summed E-state index contributed by atoms with van der Waals surface area (Å²) in [4.78, 5) is 16.8. The zero-order valence-corrected chi connectivity index (χ0v) is 15.2. The number of carbonyl (C=O) groups excluding carboxylic acids is 1. The van der Waals surface area contributed by atoms with Crippen molar-refractivity contribution in [3.05, 3.63) is 83.2 Å². The van der Waals surface area contributed by atoms with E-state index >= 15 is 0 Å². The molecule has 0 fully saturated rings. The zero-order chi connectivity index (χ0) is 18.7. The minimum Gasteiger partial charge on any atom is -0.507 e. The third-order valence-corrected chi connectivity index (χ3v) is 4.47. The van der Waals surface area contributed by atoms with E-state index in [9.17, 15) is 9.90 Å². The van der Waals surface area contributed by atoms with E-state index in [0.717, 1.165) is 27.8 Å². The number of benzene rings is 2. The van der Waals surface area contributed by atoms with Crippen LogP contribution >= 0.6 is 0 Å². The molecule has 0 aliphatic carbocycles. The molecule has 140 valence electrons. The molecule has 1 aromatic heterocycles. The second-order valence-corrected chi connectivity index (χ2v) is 6.53. The Morgan fingerprint density at radius 2 is 1.63 bits per heavy atom. The van der Waals surface area contributed by atoms with Crippen LogP contribution < -0.4 is 5.32 Å². The van der Waals surface area contributed by atoms with Gasteiger partial charge in [0.1, 0.15) is 5.75 Å². The summed E-state index contributed by atoms with van der Waals surface area (Å²) in [5.41, 5.74) is 4.93. The first kappa shape index (κ1) is 20.2. The van der Waals surface area contributed by atoms with Gasteiger partial charge in [0, 0.05) is 18.0 Å². The van der Waals surface area contributed by atoms with Crippen LogP contribution in [-0.2, 0) is 0 Å². The number of phenolic OH excluding ortho intramolecular Hbond substituents is 1. The Kier molecular flexibility index (Phi) is 6.35. The predicted octanol–water partition coefficient (Wildman–Crippen LogP) is 5.20. The molecule has 1 heterocycles. The van der Waals surface area contributed by atoms with Crippen LogP contribution in [0.15, 0.2) is 60.9 Å². The van der Waals surface area contributed by atoms with Gasteiger partial charge in [0.2, 0.25) is 0 Å². The number of nitrogens with one attached hydrogen (secondary N) is 1. The topological polar surface area (TPSA) is 62.2 Å². The second kappa shape index (κ2) is 8.49. The summed E-state index contributed by atoms with van der Waals surface area (Å²) in [6, 6.07) is 15.4. The SMILES string of the molecule is C.Cc1cc(-c2cncc(C(=O)N[C@@H](C)c3ccccc3)c2)cc(C)c1O. The molecule has 0 aliphatic rings. The van der Waals surface area contributed by atoms with Crippen molar-refractivity contribution in [3.8, 4) is 16.9 Å². The second-order valence-electron chi connectivity index (χ2n) is 6.53. The summed E-state index contributed by atoms with van der Waals surface area (Å²) >= 11 is 0. The quantitative estimate of drug-likeness (QED) is 0.671. The third kappa shape index (κ3) is 4.53. The molecule has 1 atom stereocenters. The molecule has 2 N–H and O–H groups in total. The highest BCUT2D eigenvalue weighted by atomic mass is 16.3. The maximum absolute atomic E-state index is 12.6. The lowest BCUT2D eigenvalue weighted by Crippen LogP contribution is -2.26. The van der Waals surface area contributed by atoms with Crippen LogP contribution in [0.4, 0.5) is 0 Å². The first-order valence-electron chi connectivity index (χ1n) is 8.57. The summed E-state index contributed by atoms with van der Waals surface area (Å²) in [6.07, 6.45) is 3.29. The van der Waals surface area contributed by atoms with E-state index < -0.39 is 0 Å². The van der Waals surface area contributed by atoms with Gasteiger partial charge < -0.3 is 10.4 Å². The summed E-state index contributed by atoms with van der Waals surface area (Å²) < 4.78 is 0. The van der Waals surface area contributed by atoms with Crippen molar-refractivity contribution in [2.75, 3.05) is 0 Å². The minimum absolute atomic E-state index is 0. The molecule has 0 bridgehead atoms. The van der Waals surface area contributed by atoms with Crippen molar-refractivity contribution in [3.63, 3.8) is 0 Å². The number of aromatic nitrogens is 1. The van der Waals surface area contributed by atoms with E-state index in [0.29, 0.717) is 11.3 Å². The largest absolute Gasteiger partial charge is 0.507 e. The predicted molar refractivity (Wildman–Crippen MR) is 110 cm³/mol. The van der Waals surface area contributed by atoms with Crippen LogP contribution in [0.3, 0.4) is 0 Å². The standard InChI is InChI=1S/C22H22N2O2.CH4/c1-14-9-18(10-15(2)21(14)25)19-11-20(13-23-12-19)22(26)24-16(3)17-7-5-4-6-8-17;/h4-13,16,25H,1-3H3,(H,24,26);1H4/t16-;/m0./s1. The minimum atomic E-state index is -0.164. The fourth-order valence-corrected chi connectivity index (χ4v) is 2.95. The van der Waals surface area contributed by atoms with Gasteiger partial charge in [0.25, 0.3) is 5.91 Å². The van der Waals surface area contributed by atoms with Crippen LogP contribution in [0.25, 0.3) is 11.1 Å². The summed E-state index contributed by atoms with van der Waals surface area (Å²) in [5.74, 6) is 0.134. The molecule has 3 aromatic rings. The van der Waals surface area contributed by atoms with Gasteiger partial charge in [-0.15, -0.1) is 0 Å². The lowest BCUT2D eigenvalue weighted by atomic mass is 10.00. The molecule has 4 heteroatoms. The number of amides is 1. The van der Waals surface area contributed by atoms with Gasteiger partial charge in [0.05, 0.1) is 11.6 Å². The average molecular weight is 362 g/mol. The van der Waals surface area contributed by atoms with Crippen molar-refractivity contribution in [1.29, 1.82) is 0 Å². The van der Waals surface area contributed by atoms with Gasteiger partial charge in [-0.3, -0.25) is 9.78 Å². The molecular weight excluding hydrogens is 336 g/mol. The lowest BCUT2D eigenvalue weighted by molar-refractivity contribution is 0.0939. The van der Waals surface area contributed by atoms with Gasteiger partial charge in [0.15, 0.2) is 0 Å². The Morgan fingerprint density at radius 1 is 1.00 bits per heavy atom. The number of carbonyl (C=O) groups is 1.